The van der Waals surface area contributed by atoms with Crippen LogP contribution in [0.15, 0.2) is 30.3 Å². The lowest BCUT2D eigenvalue weighted by atomic mass is 9.89. The lowest BCUT2D eigenvalue weighted by molar-refractivity contribution is -0.579. The first-order valence-corrected chi connectivity index (χ1v) is 9.37. The molecule has 9 heteroatoms. The molecule has 1 aromatic carbocycles. The second-order valence-corrected chi connectivity index (χ2v) is 6.69. The third-order valence-electron chi connectivity index (χ3n) is 4.68. The van der Waals surface area contributed by atoms with Crippen LogP contribution in [-0.2, 0) is 24.6 Å². The number of benzene rings is 1. The zero-order chi connectivity index (χ0) is 20.6. The summed E-state index contributed by atoms with van der Waals surface area (Å²) in [4.78, 5) is 39.3. The van der Waals surface area contributed by atoms with Gasteiger partial charge in [-0.05, 0) is 13.8 Å². The van der Waals surface area contributed by atoms with Crippen molar-refractivity contribution < 1.29 is 24.0 Å². The summed E-state index contributed by atoms with van der Waals surface area (Å²) in [5.41, 5.74) is -0.943. The molecule has 1 aromatic rings. The van der Waals surface area contributed by atoms with Crippen molar-refractivity contribution in [2.45, 2.75) is 19.4 Å². The Hall–Kier alpha value is -2.52. The number of carbonyl (C=O) groups is 2. The molecule has 0 saturated carbocycles. The Balaban J connectivity index is 2.34. The highest BCUT2D eigenvalue weighted by molar-refractivity contribution is 5.72. The molecule has 1 aliphatic rings. The van der Waals surface area contributed by atoms with Crippen molar-refractivity contribution in [3.05, 3.63) is 46.0 Å². The number of nitro groups is 1. The predicted molar refractivity (Wildman–Crippen MR) is 101 cm³/mol. The summed E-state index contributed by atoms with van der Waals surface area (Å²) in [5, 5.41) is 12.3. The summed E-state index contributed by atoms with van der Waals surface area (Å²) in [7, 11) is 0. The minimum Gasteiger partial charge on any atom is -0.465 e. The number of esters is 2. The fourth-order valence-electron chi connectivity index (χ4n) is 3.43. The number of hydrogen-bond donors (Lipinski definition) is 0. The van der Waals surface area contributed by atoms with E-state index in [-0.39, 0.29) is 44.3 Å². The highest BCUT2D eigenvalue weighted by Gasteiger charge is 2.49. The molecule has 1 heterocycles. The molecular formula is C19H27N3O6. The molecule has 2 rings (SSSR count). The number of rotatable bonds is 8. The molecule has 0 N–H and O–H groups in total. The number of nitrogens with zero attached hydrogens (tertiary/aromatic N) is 3. The molecule has 0 aromatic heterocycles. The fraction of sp³-hybridized carbons (Fsp3) is 0.579. The van der Waals surface area contributed by atoms with Gasteiger partial charge in [-0.15, -0.1) is 0 Å². The van der Waals surface area contributed by atoms with Crippen LogP contribution in [-0.4, -0.2) is 79.1 Å². The molecule has 0 atom stereocenters. The van der Waals surface area contributed by atoms with Crippen molar-refractivity contribution in [3.8, 4) is 0 Å². The maximum atomic E-state index is 12.3. The van der Waals surface area contributed by atoms with E-state index in [2.05, 4.69) is 0 Å². The van der Waals surface area contributed by atoms with E-state index < -0.39 is 17.5 Å². The first-order valence-electron chi connectivity index (χ1n) is 9.37. The Kier molecular flexibility index (Phi) is 7.89. The van der Waals surface area contributed by atoms with Gasteiger partial charge in [0.05, 0.1) is 39.4 Å². The number of carbonyl (C=O) groups excluding carboxylic acids is 2. The zero-order valence-electron chi connectivity index (χ0n) is 16.3. The van der Waals surface area contributed by atoms with Crippen LogP contribution in [0.4, 0.5) is 0 Å². The Morgan fingerprint density at radius 2 is 1.46 bits per heavy atom. The lowest BCUT2D eigenvalue weighted by Gasteiger charge is -2.30. The standard InChI is InChI=1S/C19H27N3O6/c1-3-27-17(23)12-20-10-11-21(13-18(24)28-4-2)15-19(14-20,22(25)26)16-8-6-5-7-9-16/h5-9H,3-4,10-15H2,1-2H3. The fourth-order valence-corrected chi connectivity index (χ4v) is 3.43. The van der Waals surface area contributed by atoms with Gasteiger partial charge in [0.1, 0.15) is 0 Å². The molecule has 0 bridgehead atoms. The van der Waals surface area contributed by atoms with Crippen LogP contribution in [0.25, 0.3) is 0 Å². The topological polar surface area (TPSA) is 102 Å². The Labute approximate surface area is 164 Å². The average molecular weight is 393 g/mol. The van der Waals surface area contributed by atoms with E-state index >= 15 is 0 Å². The van der Waals surface area contributed by atoms with Crippen molar-refractivity contribution in [1.82, 2.24) is 9.80 Å². The molecule has 9 nitrogen and oxygen atoms in total. The molecule has 0 unspecified atom stereocenters. The van der Waals surface area contributed by atoms with Crippen molar-refractivity contribution >= 4 is 11.9 Å². The van der Waals surface area contributed by atoms with Crippen molar-refractivity contribution in [1.29, 1.82) is 0 Å². The van der Waals surface area contributed by atoms with Crippen LogP contribution in [0.3, 0.4) is 0 Å². The lowest BCUT2D eigenvalue weighted by Crippen LogP contribution is -2.51. The van der Waals surface area contributed by atoms with Crippen LogP contribution in [0, 0.1) is 10.1 Å². The first kappa shape index (κ1) is 21.8. The molecule has 0 aliphatic carbocycles. The second kappa shape index (κ2) is 10.1. The van der Waals surface area contributed by atoms with Gasteiger partial charge in [0.2, 0.25) is 0 Å². The Bertz CT molecular complexity index is 652. The molecule has 0 amide bonds. The van der Waals surface area contributed by atoms with Crippen LogP contribution < -0.4 is 0 Å². The van der Waals surface area contributed by atoms with Gasteiger partial charge in [0.15, 0.2) is 0 Å². The normalized spacial score (nSPS) is 17.5. The maximum absolute atomic E-state index is 12.3. The third-order valence-corrected chi connectivity index (χ3v) is 4.68. The van der Waals surface area contributed by atoms with E-state index in [1.54, 1.807) is 54.0 Å². The monoisotopic (exact) mass is 393 g/mol. The van der Waals surface area contributed by atoms with Crippen molar-refractivity contribution in [3.63, 3.8) is 0 Å². The van der Waals surface area contributed by atoms with E-state index in [1.165, 1.54) is 0 Å². The molecule has 28 heavy (non-hydrogen) atoms. The van der Waals surface area contributed by atoms with Gasteiger partial charge in [-0.25, -0.2) is 0 Å². The summed E-state index contributed by atoms with van der Waals surface area (Å²) < 4.78 is 10.0. The zero-order valence-corrected chi connectivity index (χ0v) is 16.3. The van der Waals surface area contributed by atoms with Gasteiger partial charge in [-0.2, -0.15) is 0 Å². The van der Waals surface area contributed by atoms with E-state index in [0.29, 0.717) is 18.7 Å². The third kappa shape index (κ3) is 5.49. The summed E-state index contributed by atoms with van der Waals surface area (Å²) >= 11 is 0. The number of hydrogen-bond acceptors (Lipinski definition) is 8. The van der Waals surface area contributed by atoms with E-state index in [4.69, 9.17) is 9.47 Å². The largest absolute Gasteiger partial charge is 0.465 e. The second-order valence-electron chi connectivity index (χ2n) is 6.69. The van der Waals surface area contributed by atoms with Gasteiger partial charge in [-0.1, -0.05) is 30.3 Å². The molecule has 1 aliphatic heterocycles. The molecule has 154 valence electrons. The average Bonchev–Trinajstić information content (AvgIpc) is 2.83. The minimum absolute atomic E-state index is 0.0382. The number of ether oxygens (including phenoxy) is 2. The molecule has 1 saturated heterocycles. The molecule has 1 fully saturated rings. The van der Waals surface area contributed by atoms with Crippen LogP contribution in [0.5, 0.6) is 0 Å². The first-order chi connectivity index (χ1) is 13.4. The van der Waals surface area contributed by atoms with Crippen LogP contribution in [0.2, 0.25) is 0 Å². The quantitative estimate of drug-likeness (QED) is 0.365. The Morgan fingerprint density at radius 1 is 1.00 bits per heavy atom. The van der Waals surface area contributed by atoms with Crippen molar-refractivity contribution in [2.24, 2.45) is 0 Å². The van der Waals surface area contributed by atoms with Gasteiger partial charge < -0.3 is 9.47 Å². The highest BCUT2D eigenvalue weighted by Crippen LogP contribution is 2.29. The predicted octanol–water partition coefficient (Wildman–Crippen LogP) is 0.902. The van der Waals surface area contributed by atoms with Crippen molar-refractivity contribution in [2.75, 3.05) is 52.5 Å². The van der Waals surface area contributed by atoms with Gasteiger partial charge in [-0.3, -0.25) is 29.5 Å². The van der Waals surface area contributed by atoms with Gasteiger partial charge >= 0.3 is 11.9 Å². The van der Waals surface area contributed by atoms with Gasteiger partial charge in [0, 0.05) is 23.6 Å². The van der Waals surface area contributed by atoms with Crippen LogP contribution >= 0.6 is 0 Å². The summed E-state index contributed by atoms with van der Waals surface area (Å²) in [6.07, 6.45) is 0. The molecule has 0 radical (unpaired) electrons. The van der Waals surface area contributed by atoms with Gasteiger partial charge in [0.25, 0.3) is 5.54 Å². The maximum Gasteiger partial charge on any atom is 0.320 e. The summed E-state index contributed by atoms with van der Waals surface area (Å²) in [6.45, 7) is 4.75. The minimum atomic E-state index is -1.48. The van der Waals surface area contributed by atoms with E-state index in [9.17, 15) is 19.7 Å². The molecular weight excluding hydrogens is 366 g/mol. The highest BCUT2D eigenvalue weighted by atomic mass is 16.6. The summed E-state index contributed by atoms with van der Waals surface area (Å²) in [5.74, 6) is -0.849. The smallest absolute Gasteiger partial charge is 0.320 e. The van der Waals surface area contributed by atoms with E-state index in [1.807, 2.05) is 0 Å². The Morgan fingerprint density at radius 3 is 1.86 bits per heavy atom. The van der Waals surface area contributed by atoms with Crippen LogP contribution in [0.1, 0.15) is 19.4 Å². The summed E-state index contributed by atoms with van der Waals surface area (Å²) in [6, 6.07) is 8.70. The SMILES string of the molecule is CCOC(=O)CN1CCN(CC(=O)OCC)CC(c2ccccc2)([N+](=O)[O-])C1. The van der Waals surface area contributed by atoms with E-state index in [0.717, 1.165) is 0 Å². The molecule has 0 spiro atoms.